The molecule has 0 amide bonds. The highest BCUT2D eigenvalue weighted by atomic mass is 31.2. The van der Waals surface area contributed by atoms with Gasteiger partial charge >= 0.3 is 0 Å². The van der Waals surface area contributed by atoms with E-state index < -0.39 is 117 Å². The molecule has 17 heteroatoms. The lowest BCUT2D eigenvalue weighted by atomic mass is 9.33. The van der Waals surface area contributed by atoms with Gasteiger partial charge in [0.25, 0.3) is 5.87 Å². The Hall–Kier alpha value is -2.90. The highest BCUT2D eigenvalue weighted by molar-refractivity contribution is 8.12. The molecule has 0 aliphatic carbocycles. The van der Waals surface area contributed by atoms with Crippen LogP contribution in [0.15, 0.2) is 0 Å². The molecule has 3 aromatic rings. The summed E-state index contributed by atoms with van der Waals surface area (Å²) >= 11 is 0. The number of rotatable bonds is 4. The maximum atomic E-state index is 15.2. The van der Waals surface area contributed by atoms with Gasteiger partial charge in [0.15, 0.2) is 52.4 Å². The van der Waals surface area contributed by atoms with Gasteiger partial charge < -0.3 is 0 Å². The maximum absolute atomic E-state index is 15.2. The number of halogens is 15. The van der Waals surface area contributed by atoms with Crippen molar-refractivity contribution >= 4 is 29.4 Å². The average molecular weight is 588 g/mol. The van der Waals surface area contributed by atoms with E-state index in [9.17, 15) is 39.5 Å². The summed E-state index contributed by atoms with van der Waals surface area (Å²) in [5.74, 6) is -50.2. The molecule has 0 saturated heterocycles. The standard InChI is InChI=1S/C21H9BF15P/c1-38(2,3)22(4-7(23)13(29)19(35)14(30)8(4)24,5-9(25)15(31)20(36)16(32)10(5)26)6-11(27)17(33)21(37)18(34)12(6)28/h1-3H3. The Morgan fingerprint density at radius 2 is 0.421 bits per heavy atom. The predicted molar refractivity (Wildman–Crippen MR) is 108 cm³/mol. The SMILES string of the molecule is C[P+](C)(C)[B-](c1c(F)c(F)c(F)c(F)c1F)(c1c(F)c(F)c(F)c(F)c1F)c1c(F)c(F)c(F)c(F)c1F. The molecule has 0 fully saturated rings. The third kappa shape index (κ3) is 3.69. The van der Waals surface area contributed by atoms with Gasteiger partial charge in [-0.25, -0.2) is 65.9 Å². The van der Waals surface area contributed by atoms with Crippen LogP contribution in [0.2, 0.25) is 0 Å². The van der Waals surface area contributed by atoms with E-state index in [-0.39, 0.29) is 0 Å². The van der Waals surface area contributed by atoms with E-state index >= 15 is 26.3 Å². The Kier molecular flexibility index (Phi) is 7.33. The molecule has 3 aromatic carbocycles. The molecular weight excluding hydrogens is 579 g/mol. The van der Waals surface area contributed by atoms with E-state index in [1.165, 1.54) is 0 Å². The highest BCUT2D eigenvalue weighted by Gasteiger charge is 2.59. The second kappa shape index (κ2) is 9.39. The minimum atomic E-state index is -5.45. The van der Waals surface area contributed by atoms with E-state index in [1.807, 2.05) is 0 Å². The molecule has 38 heavy (non-hydrogen) atoms. The Balaban J connectivity index is 2.96. The summed E-state index contributed by atoms with van der Waals surface area (Å²) in [7, 11) is -4.39. The Morgan fingerprint density at radius 1 is 0.289 bits per heavy atom. The minimum absolute atomic E-state index is 0.612. The van der Waals surface area contributed by atoms with E-state index in [1.54, 1.807) is 0 Å². The smallest absolute Gasteiger partial charge is 0.207 e. The molecule has 0 aromatic heterocycles. The van der Waals surface area contributed by atoms with Crippen molar-refractivity contribution in [1.29, 1.82) is 0 Å². The lowest BCUT2D eigenvalue weighted by Crippen LogP contribution is -2.73. The van der Waals surface area contributed by atoms with Crippen LogP contribution in [0.4, 0.5) is 65.9 Å². The summed E-state index contributed by atoms with van der Waals surface area (Å²) < 4.78 is 218. The van der Waals surface area contributed by atoms with Crippen molar-refractivity contribution in [2.45, 2.75) is 0 Å². The first kappa shape index (κ1) is 29.7. The van der Waals surface area contributed by atoms with E-state index in [2.05, 4.69) is 0 Å². The Bertz CT molecular complexity index is 1260. The summed E-state index contributed by atoms with van der Waals surface area (Å²) in [5, 5.41) is 0. The molecule has 206 valence electrons. The van der Waals surface area contributed by atoms with Crippen LogP contribution in [0, 0.1) is 87.3 Å². The van der Waals surface area contributed by atoms with Crippen LogP contribution in [0.3, 0.4) is 0 Å². The number of hydrogen-bond acceptors (Lipinski definition) is 0. The van der Waals surface area contributed by atoms with Crippen LogP contribution in [-0.2, 0) is 0 Å². The lowest BCUT2D eigenvalue weighted by Gasteiger charge is -2.47. The first-order valence-corrected chi connectivity index (χ1v) is 13.0. The molecule has 0 spiro atoms. The first-order valence-electron chi connectivity index (χ1n) is 9.80. The van der Waals surface area contributed by atoms with Gasteiger partial charge in [-0.1, -0.05) is 16.4 Å². The van der Waals surface area contributed by atoms with Gasteiger partial charge in [0, 0.05) is 20.0 Å². The summed E-state index contributed by atoms with van der Waals surface area (Å²) in [5.41, 5.74) is -7.68. The van der Waals surface area contributed by atoms with Gasteiger partial charge in [-0.15, -0.1) is 7.14 Å². The van der Waals surface area contributed by atoms with Gasteiger partial charge in [0.2, 0.25) is 0 Å². The molecular formula is C21H9BF15P. The molecule has 0 nitrogen and oxygen atoms in total. The molecule has 0 atom stereocenters. The van der Waals surface area contributed by atoms with Gasteiger partial charge in [0.05, 0.1) is 0 Å². The summed E-state index contributed by atoms with van der Waals surface area (Å²) in [6.07, 6.45) is 0. The van der Waals surface area contributed by atoms with Crippen molar-refractivity contribution in [3.8, 4) is 0 Å². The number of hydrogen-bond donors (Lipinski definition) is 0. The van der Waals surface area contributed by atoms with Crippen molar-refractivity contribution in [2.24, 2.45) is 0 Å². The maximum Gasteiger partial charge on any atom is 0.263 e. The highest BCUT2D eigenvalue weighted by Crippen LogP contribution is 2.57. The Labute approximate surface area is 203 Å². The summed E-state index contributed by atoms with van der Waals surface area (Å²) in [4.78, 5) is 0. The fourth-order valence-electron chi connectivity index (χ4n) is 4.56. The van der Waals surface area contributed by atoms with Crippen molar-refractivity contribution in [3.05, 3.63) is 87.3 Å². The molecule has 0 bridgehead atoms. The zero-order valence-corrected chi connectivity index (χ0v) is 19.6. The van der Waals surface area contributed by atoms with Gasteiger partial charge in [-0.2, -0.15) is 0 Å². The third-order valence-corrected chi connectivity index (χ3v) is 9.24. The van der Waals surface area contributed by atoms with Crippen LogP contribution in [-0.4, -0.2) is 25.9 Å². The van der Waals surface area contributed by atoms with Crippen LogP contribution in [0.25, 0.3) is 0 Å². The zero-order chi connectivity index (χ0) is 29.4. The molecule has 0 aliphatic rings. The first-order chi connectivity index (χ1) is 17.3. The van der Waals surface area contributed by atoms with E-state index in [4.69, 9.17) is 0 Å². The predicted octanol–water partition coefficient (Wildman–Crippen LogP) is 5.65. The van der Waals surface area contributed by atoms with Crippen molar-refractivity contribution in [2.75, 3.05) is 20.0 Å². The summed E-state index contributed by atoms with van der Waals surface area (Å²) in [6.45, 7) is 1.84. The Morgan fingerprint density at radius 3 is 0.553 bits per heavy atom. The second-order valence-corrected chi connectivity index (χ2v) is 13.9. The van der Waals surface area contributed by atoms with Gasteiger partial charge in [0.1, 0.15) is 34.9 Å². The molecule has 0 N–H and O–H groups in total. The van der Waals surface area contributed by atoms with Crippen LogP contribution < -0.4 is 16.4 Å². The van der Waals surface area contributed by atoms with Crippen molar-refractivity contribution < 1.29 is 65.9 Å². The quantitative estimate of drug-likeness (QED) is 0.122. The fraction of sp³-hybridized carbons (Fsp3) is 0.143. The fourth-order valence-corrected chi connectivity index (χ4v) is 7.56. The third-order valence-electron chi connectivity index (χ3n) is 6.15. The van der Waals surface area contributed by atoms with Crippen LogP contribution in [0.5, 0.6) is 0 Å². The van der Waals surface area contributed by atoms with Crippen LogP contribution >= 0.6 is 7.14 Å². The van der Waals surface area contributed by atoms with E-state index in [0.717, 1.165) is 0 Å². The zero-order valence-electron chi connectivity index (χ0n) is 18.7. The van der Waals surface area contributed by atoms with Crippen molar-refractivity contribution in [3.63, 3.8) is 0 Å². The van der Waals surface area contributed by atoms with Gasteiger partial charge in [-0.3, -0.25) is 0 Å². The largest absolute Gasteiger partial charge is 0.263 e. The number of benzene rings is 3. The van der Waals surface area contributed by atoms with Crippen LogP contribution in [0.1, 0.15) is 0 Å². The molecule has 0 unspecified atom stereocenters. The van der Waals surface area contributed by atoms with Crippen molar-refractivity contribution in [1.82, 2.24) is 0 Å². The average Bonchev–Trinajstić information content (AvgIpc) is 2.85. The molecule has 3 rings (SSSR count). The molecule has 0 radical (unpaired) electrons. The van der Waals surface area contributed by atoms with Gasteiger partial charge in [-0.05, 0) is 0 Å². The minimum Gasteiger partial charge on any atom is -0.207 e. The lowest BCUT2D eigenvalue weighted by molar-refractivity contribution is 0.380. The second-order valence-electron chi connectivity index (χ2n) is 8.89. The monoisotopic (exact) mass is 588 g/mol. The topological polar surface area (TPSA) is 0 Å². The molecule has 0 heterocycles. The summed E-state index contributed by atoms with van der Waals surface area (Å²) in [6, 6.07) is 0. The molecule has 0 saturated carbocycles. The normalized spacial score (nSPS) is 12.5. The molecule has 0 aliphatic heterocycles. The van der Waals surface area contributed by atoms with E-state index in [0.29, 0.717) is 20.0 Å².